The minimum atomic E-state index is -0.275. The van der Waals surface area contributed by atoms with Gasteiger partial charge in [-0.05, 0) is 94.5 Å². The smallest absolute Gasteiger partial charge is 0.104 e. The molecule has 1 aliphatic carbocycles. The van der Waals surface area contributed by atoms with Gasteiger partial charge in [-0.1, -0.05) is 123 Å². The molecule has 12 aromatic rings. The number of nitrogens with zero attached hydrogens (tertiary/aromatic N) is 7. The van der Waals surface area contributed by atoms with E-state index >= 15 is 0 Å². The van der Waals surface area contributed by atoms with E-state index in [9.17, 15) is 21.0 Å². The predicted molar refractivity (Wildman–Crippen MR) is 271 cm³/mol. The van der Waals surface area contributed by atoms with Crippen molar-refractivity contribution in [3.05, 3.63) is 209 Å². The van der Waals surface area contributed by atoms with Crippen LogP contribution in [0, 0.1) is 45.3 Å². The second-order valence-electron chi connectivity index (χ2n) is 18.1. The second kappa shape index (κ2) is 14.2. The first-order valence-electron chi connectivity index (χ1n) is 22.5. The number of aromatic nitrogens is 3. The van der Waals surface area contributed by atoms with Crippen molar-refractivity contribution >= 4 is 65.4 Å². The molecule has 0 aliphatic heterocycles. The van der Waals surface area contributed by atoms with Crippen molar-refractivity contribution in [1.29, 1.82) is 21.0 Å². The third kappa shape index (κ3) is 5.08. The summed E-state index contributed by atoms with van der Waals surface area (Å²) in [4.78, 5) is 0. The van der Waals surface area contributed by atoms with Crippen molar-refractivity contribution in [2.24, 2.45) is 0 Å². The highest BCUT2D eigenvalue weighted by molar-refractivity contribution is 6.15. The van der Waals surface area contributed by atoms with Gasteiger partial charge in [-0.2, -0.15) is 21.0 Å². The van der Waals surface area contributed by atoms with Crippen LogP contribution in [0.1, 0.15) is 47.2 Å². The van der Waals surface area contributed by atoms with Crippen molar-refractivity contribution in [2.45, 2.75) is 19.3 Å². The molecule has 7 heteroatoms. The number of rotatable bonds is 4. The Kier molecular flexibility index (Phi) is 8.08. The van der Waals surface area contributed by atoms with Crippen LogP contribution >= 0.6 is 0 Å². The maximum Gasteiger partial charge on any atom is 0.104 e. The fourth-order valence-electron chi connectivity index (χ4n) is 11.5. The maximum atomic E-state index is 12.2. The standard InChI is InChI=1S/C61H35N7/c1-61(2)49-18-8-3-13-39(49)44-31-38(25-26-50(44)61)57-59(67-53-21-11-6-16-42(53)45-29-36(32-62)23-27-55(45)67)47(34-64)58(66-51-19-9-4-14-40(51)41-15-5-10-20-52(41)66)48(35-65)60(57)68-54-22-12-7-17-43(54)46-30-37(33-63)24-28-56(46)68/h3-31H,1-2H3. The van der Waals surface area contributed by atoms with Gasteiger partial charge in [-0.15, -0.1) is 0 Å². The molecule has 3 heterocycles. The molecule has 3 aromatic heterocycles. The van der Waals surface area contributed by atoms with E-state index in [1.54, 1.807) is 0 Å². The minimum absolute atomic E-state index is 0.275. The Hall–Kier alpha value is -9.66. The molecule has 0 saturated carbocycles. The topological polar surface area (TPSA) is 110 Å². The fourth-order valence-corrected chi connectivity index (χ4v) is 11.5. The van der Waals surface area contributed by atoms with Crippen molar-refractivity contribution < 1.29 is 0 Å². The van der Waals surface area contributed by atoms with Gasteiger partial charge in [0.2, 0.25) is 0 Å². The summed E-state index contributed by atoms with van der Waals surface area (Å²) in [5.41, 5.74) is 14.2. The fraction of sp³-hybridized carbons (Fsp3) is 0.0492. The van der Waals surface area contributed by atoms with Crippen LogP contribution in [0.2, 0.25) is 0 Å². The lowest BCUT2D eigenvalue weighted by atomic mass is 9.82. The van der Waals surface area contributed by atoms with Gasteiger partial charge in [0.15, 0.2) is 0 Å². The lowest BCUT2D eigenvalue weighted by Crippen LogP contribution is -2.15. The summed E-state index contributed by atoms with van der Waals surface area (Å²) in [5.74, 6) is 0. The quantitative estimate of drug-likeness (QED) is 0.175. The molecule has 0 N–H and O–H groups in total. The Labute approximate surface area is 390 Å². The second-order valence-corrected chi connectivity index (χ2v) is 18.1. The third-order valence-corrected chi connectivity index (χ3v) is 14.4. The van der Waals surface area contributed by atoms with Crippen LogP contribution < -0.4 is 0 Å². The first kappa shape index (κ1) is 38.8. The Morgan fingerprint density at radius 2 is 0.750 bits per heavy atom. The number of benzene rings is 9. The van der Waals surface area contributed by atoms with Crippen LogP contribution in [0.5, 0.6) is 0 Å². The maximum absolute atomic E-state index is 12.2. The zero-order chi connectivity index (χ0) is 46.0. The highest BCUT2D eigenvalue weighted by Gasteiger charge is 2.37. The van der Waals surface area contributed by atoms with Gasteiger partial charge in [-0.25, -0.2) is 0 Å². The lowest BCUT2D eigenvalue weighted by Gasteiger charge is -2.27. The highest BCUT2D eigenvalue weighted by Crippen LogP contribution is 2.53. The Morgan fingerprint density at radius 3 is 1.22 bits per heavy atom. The number of fused-ring (bicyclic) bond motifs is 12. The Bertz CT molecular complexity index is 4190. The molecule has 0 atom stereocenters. The molecule has 0 spiro atoms. The van der Waals surface area contributed by atoms with E-state index in [1.807, 2.05) is 84.9 Å². The monoisotopic (exact) mass is 865 g/mol. The van der Waals surface area contributed by atoms with Gasteiger partial charge in [0.05, 0.1) is 73.4 Å². The van der Waals surface area contributed by atoms with E-state index in [4.69, 9.17) is 0 Å². The normalized spacial score (nSPS) is 12.6. The molecule has 9 aromatic carbocycles. The molecule has 7 nitrogen and oxygen atoms in total. The summed E-state index contributed by atoms with van der Waals surface area (Å²) in [6.45, 7) is 4.52. The highest BCUT2D eigenvalue weighted by atomic mass is 15.1. The number of hydrogen-bond donors (Lipinski definition) is 0. The number of nitriles is 4. The first-order valence-corrected chi connectivity index (χ1v) is 22.5. The van der Waals surface area contributed by atoms with Gasteiger partial charge in [-0.3, -0.25) is 0 Å². The van der Waals surface area contributed by atoms with E-state index < -0.39 is 0 Å². The Morgan fingerprint density at radius 1 is 0.353 bits per heavy atom. The molecule has 0 saturated heterocycles. The zero-order valence-corrected chi connectivity index (χ0v) is 36.9. The van der Waals surface area contributed by atoms with Crippen molar-refractivity contribution in [1.82, 2.24) is 13.7 Å². The summed E-state index contributed by atoms with van der Waals surface area (Å²) in [6.07, 6.45) is 0. The summed E-state index contributed by atoms with van der Waals surface area (Å²) in [6, 6.07) is 69.4. The van der Waals surface area contributed by atoms with E-state index in [1.165, 1.54) is 11.1 Å². The zero-order valence-electron chi connectivity index (χ0n) is 36.9. The summed E-state index contributed by atoms with van der Waals surface area (Å²) < 4.78 is 6.45. The molecule has 1 aliphatic rings. The molecule has 0 unspecified atom stereocenters. The van der Waals surface area contributed by atoms with Crippen LogP contribution in [0.15, 0.2) is 176 Å². The summed E-state index contributed by atoms with van der Waals surface area (Å²) in [7, 11) is 0. The van der Waals surface area contributed by atoms with Crippen LogP contribution in [-0.4, -0.2) is 13.7 Å². The molecule has 13 rings (SSSR count). The van der Waals surface area contributed by atoms with Crippen LogP contribution in [-0.2, 0) is 5.41 Å². The van der Waals surface area contributed by atoms with Crippen LogP contribution in [0.25, 0.3) is 105 Å². The summed E-state index contributed by atoms with van der Waals surface area (Å²) in [5, 5.41) is 50.3. The molecular formula is C61H35N7. The van der Waals surface area contributed by atoms with Crippen molar-refractivity contribution in [2.75, 3.05) is 0 Å². The third-order valence-electron chi connectivity index (χ3n) is 14.4. The van der Waals surface area contributed by atoms with E-state index in [2.05, 4.69) is 143 Å². The van der Waals surface area contributed by atoms with Gasteiger partial charge in [0, 0.05) is 43.3 Å². The molecular weight excluding hydrogens is 831 g/mol. The van der Waals surface area contributed by atoms with Crippen LogP contribution in [0.3, 0.4) is 0 Å². The average molecular weight is 866 g/mol. The Balaban J connectivity index is 1.34. The van der Waals surface area contributed by atoms with Crippen molar-refractivity contribution in [3.63, 3.8) is 0 Å². The van der Waals surface area contributed by atoms with Crippen LogP contribution in [0.4, 0.5) is 0 Å². The van der Waals surface area contributed by atoms with E-state index in [0.29, 0.717) is 44.9 Å². The van der Waals surface area contributed by atoms with E-state index in [0.717, 1.165) is 82.1 Å². The molecule has 314 valence electrons. The number of para-hydroxylation sites is 4. The molecule has 0 bridgehead atoms. The van der Waals surface area contributed by atoms with Gasteiger partial charge < -0.3 is 13.7 Å². The molecule has 0 fully saturated rings. The largest absolute Gasteiger partial charge is 0.307 e. The molecule has 68 heavy (non-hydrogen) atoms. The predicted octanol–water partition coefficient (Wildman–Crippen LogP) is 14.4. The SMILES string of the molecule is CC1(C)c2ccccc2-c2cc(-c3c(-n4c5ccccc5c5cc(C#N)ccc54)c(C#N)c(-n4c5ccccc5c5ccccc54)c(C#N)c3-n3c4ccccc4c4cc(C#N)ccc43)ccc21. The van der Waals surface area contributed by atoms with Crippen molar-refractivity contribution in [3.8, 4) is 63.6 Å². The first-order chi connectivity index (χ1) is 33.4. The average Bonchev–Trinajstić information content (AvgIpc) is 4.08. The summed E-state index contributed by atoms with van der Waals surface area (Å²) >= 11 is 0. The van der Waals surface area contributed by atoms with Gasteiger partial charge in [0.25, 0.3) is 0 Å². The minimum Gasteiger partial charge on any atom is -0.307 e. The molecule has 0 radical (unpaired) electrons. The number of hydrogen-bond acceptors (Lipinski definition) is 4. The van der Waals surface area contributed by atoms with Gasteiger partial charge >= 0.3 is 0 Å². The molecule has 0 amide bonds. The van der Waals surface area contributed by atoms with E-state index in [-0.39, 0.29) is 5.41 Å². The lowest BCUT2D eigenvalue weighted by molar-refractivity contribution is 0.660. The van der Waals surface area contributed by atoms with Gasteiger partial charge in [0.1, 0.15) is 23.3 Å².